The van der Waals surface area contributed by atoms with Crippen LogP contribution in [0, 0.1) is 6.92 Å². The van der Waals surface area contributed by atoms with E-state index in [1.54, 1.807) is 36.4 Å². The molecule has 2 aromatic carbocycles. The summed E-state index contributed by atoms with van der Waals surface area (Å²) in [5, 5.41) is 0. The van der Waals surface area contributed by atoms with E-state index < -0.39 is 9.84 Å². The lowest BCUT2D eigenvalue weighted by Gasteiger charge is -2.13. The maximum atomic E-state index is 12.9. The molecule has 0 aromatic heterocycles. The summed E-state index contributed by atoms with van der Waals surface area (Å²) in [6.07, 6.45) is 5.05. The van der Waals surface area contributed by atoms with Gasteiger partial charge in [0.05, 0.1) is 9.79 Å². The average molecular weight is 433 g/mol. The van der Waals surface area contributed by atoms with Gasteiger partial charge in [-0.3, -0.25) is 0 Å². The molecule has 0 saturated heterocycles. The first-order valence-corrected chi connectivity index (χ1v) is 11.1. The van der Waals surface area contributed by atoms with Crippen molar-refractivity contribution < 1.29 is 8.42 Å². The van der Waals surface area contributed by atoms with E-state index in [0.717, 1.165) is 40.4 Å². The molecule has 0 N–H and O–H groups in total. The van der Waals surface area contributed by atoms with Gasteiger partial charge in [-0.05, 0) is 72.9 Å². The van der Waals surface area contributed by atoms with Crippen molar-refractivity contribution in [1.29, 1.82) is 0 Å². The van der Waals surface area contributed by atoms with E-state index in [1.807, 2.05) is 13.0 Å². The quantitative estimate of drug-likeness (QED) is 0.453. The zero-order chi connectivity index (χ0) is 19.3. The molecule has 0 aliphatic carbocycles. The average Bonchev–Trinajstić information content (AvgIpc) is 2.60. The number of sulfone groups is 1. The Labute approximate surface area is 165 Å². The lowest BCUT2D eigenvalue weighted by Crippen LogP contribution is -2.03. The lowest BCUT2D eigenvalue weighted by atomic mass is 9.96. The van der Waals surface area contributed by atoms with E-state index in [9.17, 15) is 8.42 Å². The first kappa shape index (κ1) is 20.7. The third-order valence-corrected chi connectivity index (χ3v) is 6.60. The van der Waals surface area contributed by atoms with Crippen molar-refractivity contribution in [3.8, 4) is 0 Å². The Bertz CT molecular complexity index is 923. The minimum absolute atomic E-state index is 0.301. The van der Waals surface area contributed by atoms with Crippen LogP contribution in [0.4, 0.5) is 0 Å². The molecule has 2 aromatic rings. The van der Waals surface area contributed by atoms with E-state index in [0.29, 0.717) is 9.79 Å². The largest absolute Gasteiger partial charge is 0.219 e. The highest BCUT2D eigenvalue weighted by Crippen LogP contribution is 2.29. The van der Waals surface area contributed by atoms with Crippen molar-refractivity contribution in [2.45, 2.75) is 49.8 Å². The van der Waals surface area contributed by atoms with Crippen molar-refractivity contribution >= 4 is 31.3 Å². The number of benzene rings is 2. The monoisotopic (exact) mass is 432 g/mol. The highest BCUT2D eigenvalue weighted by atomic mass is 79.9. The molecule has 0 spiro atoms. The van der Waals surface area contributed by atoms with E-state index in [-0.39, 0.29) is 0 Å². The van der Waals surface area contributed by atoms with Gasteiger partial charge in [0.25, 0.3) is 0 Å². The molecule has 0 unspecified atom stereocenters. The molecular weight excluding hydrogens is 408 g/mol. The molecule has 0 heterocycles. The Hall–Kier alpha value is -1.65. The highest BCUT2D eigenvalue weighted by Gasteiger charge is 2.18. The molecule has 2 nitrogen and oxygen atoms in total. The molecule has 0 radical (unpaired) electrons. The summed E-state index contributed by atoms with van der Waals surface area (Å²) in [5.74, 6) is 0. The smallest absolute Gasteiger partial charge is 0.206 e. The fourth-order valence-corrected chi connectivity index (χ4v) is 4.53. The number of rotatable bonds is 7. The molecule has 4 heteroatoms. The first-order chi connectivity index (χ1) is 12.3. The van der Waals surface area contributed by atoms with Gasteiger partial charge < -0.3 is 0 Å². The number of allylic oxidation sites excluding steroid dienone is 3. The molecule has 0 atom stereocenters. The van der Waals surface area contributed by atoms with Crippen molar-refractivity contribution in [2.75, 3.05) is 0 Å². The Morgan fingerprint density at radius 2 is 1.69 bits per heavy atom. The summed E-state index contributed by atoms with van der Waals surface area (Å²) >= 11 is 3.34. The predicted octanol–water partition coefficient (Wildman–Crippen LogP) is 6.74. The number of hydrogen-bond acceptors (Lipinski definition) is 2. The van der Waals surface area contributed by atoms with Crippen LogP contribution < -0.4 is 0 Å². The lowest BCUT2D eigenvalue weighted by molar-refractivity contribution is 0.596. The fraction of sp³-hybridized carbons (Fsp3) is 0.273. The SMILES string of the molecule is C=C(/C=C(/CC)c1ccc(S(=O)(=O)c2ccc(Br)cc2)cc1C)CCC. The number of aryl methyl sites for hydroxylation is 1. The summed E-state index contributed by atoms with van der Waals surface area (Å²) in [5.41, 5.74) is 4.34. The standard InChI is InChI=1S/C22H25BrO2S/c1-5-7-16(3)14-18(6-2)22-13-12-21(15-17(22)4)26(24,25)20-10-8-19(23)9-11-20/h8-15H,3,5-7H2,1-2,4H3/b18-14-. The molecule has 26 heavy (non-hydrogen) atoms. The van der Waals surface area contributed by atoms with Crippen LogP contribution in [0.2, 0.25) is 0 Å². The molecule has 0 saturated carbocycles. The van der Waals surface area contributed by atoms with Crippen LogP contribution in [-0.4, -0.2) is 8.42 Å². The first-order valence-electron chi connectivity index (χ1n) is 8.79. The topological polar surface area (TPSA) is 34.1 Å². The summed E-state index contributed by atoms with van der Waals surface area (Å²) in [7, 11) is -3.52. The summed E-state index contributed by atoms with van der Waals surface area (Å²) in [6.45, 7) is 10.3. The van der Waals surface area contributed by atoms with Crippen LogP contribution in [0.5, 0.6) is 0 Å². The van der Waals surface area contributed by atoms with Crippen LogP contribution in [0.15, 0.2) is 75.0 Å². The van der Waals surface area contributed by atoms with Crippen LogP contribution in [-0.2, 0) is 9.84 Å². The van der Waals surface area contributed by atoms with Crippen molar-refractivity contribution in [1.82, 2.24) is 0 Å². The van der Waals surface area contributed by atoms with Crippen molar-refractivity contribution in [3.05, 3.63) is 76.3 Å². The van der Waals surface area contributed by atoms with Crippen molar-refractivity contribution in [2.24, 2.45) is 0 Å². The second kappa shape index (κ2) is 8.83. The van der Waals surface area contributed by atoms with Gasteiger partial charge in [0.15, 0.2) is 0 Å². The molecular formula is C22H25BrO2S. The van der Waals surface area contributed by atoms with Gasteiger partial charge >= 0.3 is 0 Å². The van der Waals surface area contributed by atoms with Crippen LogP contribution in [0.3, 0.4) is 0 Å². The summed E-state index contributed by atoms with van der Waals surface area (Å²) in [6, 6.07) is 12.1. The van der Waals surface area contributed by atoms with Gasteiger partial charge in [-0.1, -0.05) is 60.5 Å². The molecule has 0 aliphatic heterocycles. The maximum Gasteiger partial charge on any atom is 0.206 e. The zero-order valence-corrected chi connectivity index (χ0v) is 18.0. The predicted molar refractivity (Wildman–Crippen MR) is 113 cm³/mol. The maximum absolute atomic E-state index is 12.9. The molecule has 0 aliphatic rings. The minimum atomic E-state index is -3.52. The van der Waals surface area contributed by atoms with Gasteiger partial charge in [-0.15, -0.1) is 0 Å². The molecule has 138 valence electrons. The second-order valence-electron chi connectivity index (χ2n) is 6.37. The van der Waals surface area contributed by atoms with Crippen LogP contribution in [0.25, 0.3) is 5.57 Å². The molecule has 0 bridgehead atoms. The third-order valence-electron chi connectivity index (χ3n) is 4.31. The van der Waals surface area contributed by atoms with Gasteiger partial charge in [0.2, 0.25) is 9.84 Å². The molecule has 0 amide bonds. The van der Waals surface area contributed by atoms with Crippen LogP contribution >= 0.6 is 15.9 Å². The minimum Gasteiger partial charge on any atom is -0.219 e. The van der Waals surface area contributed by atoms with Gasteiger partial charge in [-0.25, -0.2) is 8.42 Å². The zero-order valence-electron chi connectivity index (χ0n) is 15.5. The summed E-state index contributed by atoms with van der Waals surface area (Å²) in [4.78, 5) is 0.624. The molecule has 2 rings (SSSR count). The van der Waals surface area contributed by atoms with Crippen LogP contribution in [0.1, 0.15) is 44.2 Å². The van der Waals surface area contributed by atoms with Gasteiger partial charge in [-0.2, -0.15) is 0 Å². The van der Waals surface area contributed by atoms with Gasteiger partial charge in [0, 0.05) is 4.47 Å². The Balaban J connectivity index is 2.43. The van der Waals surface area contributed by atoms with E-state index in [1.165, 1.54) is 5.57 Å². The van der Waals surface area contributed by atoms with E-state index in [4.69, 9.17) is 0 Å². The highest BCUT2D eigenvalue weighted by molar-refractivity contribution is 9.10. The van der Waals surface area contributed by atoms with E-state index in [2.05, 4.69) is 42.4 Å². The summed E-state index contributed by atoms with van der Waals surface area (Å²) < 4.78 is 26.6. The Morgan fingerprint density at radius 1 is 1.08 bits per heavy atom. The number of hydrogen-bond donors (Lipinski definition) is 0. The number of halogens is 1. The second-order valence-corrected chi connectivity index (χ2v) is 9.23. The van der Waals surface area contributed by atoms with Crippen molar-refractivity contribution in [3.63, 3.8) is 0 Å². The fourth-order valence-electron chi connectivity index (χ4n) is 2.92. The normalized spacial score (nSPS) is 12.2. The Kier molecular flexibility index (Phi) is 7.01. The van der Waals surface area contributed by atoms with Gasteiger partial charge in [0.1, 0.15) is 0 Å². The van der Waals surface area contributed by atoms with E-state index >= 15 is 0 Å². The Morgan fingerprint density at radius 3 is 2.23 bits per heavy atom. The third kappa shape index (κ3) is 4.74. The molecule has 0 fully saturated rings.